The van der Waals surface area contributed by atoms with Gasteiger partial charge in [0.05, 0.1) is 0 Å². The second-order valence-electron chi connectivity index (χ2n) is 6.73. The zero-order valence-corrected chi connectivity index (χ0v) is 26.9. The van der Waals surface area contributed by atoms with Gasteiger partial charge in [-0.05, 0) is 23.2 Å². The fraction of sp³-hybridized carbons (Fsp3) is 0.667. The van der Waals surface area contributed by atoms with E-state index in [1.807, 2.05) is 58.8 Å². The minimum atomic E-state index is 0.0420. The highest BCUT2D eigenvalue weighted by atomic mass is 32.2. The molecule has 0 amide bonds. The van der Waals surface area contributed by atoms with Crippen LogP contribution in [0.2, 0.25) is 0 Å². The van der Waals surface area contributed by atoms with E-state index in [2.05, 4.69) is 26.7 Å². The molecule has 0 aliphatic rings. The number of allylic oxidation sites excluding steroid dienone is 1. The number of carbonyl (C=O) groups excluding carboxylic acids is 2. The predicted molar refractivity (Wildman–Crippen MR) is 177 cm³/mol. The smallest absolute Gasteiger partial charge is 0.211 e. The van der Waals surface area contributed by atoms with Gasteiger partial charge in [-0.1, -0.05) is 56.3 Å². The average molecular weight is 617 g/mol. The number of thioether (sulfide) groups is 8. The maximum absolute atomic E-state index is 12.2. The Hall–Kier alpha value is 1.36. The summed E-state index contributed by atoms with van der Waals surface area (Å²) in [7, 11) is 0. The minimum Gasteiger partial charge on any atom is -0.287 e. The summed E-state index contributed by atoms with van der Waals surface area (Å²) in [5.41, 5.74) is 0. The van der Waals surface area contributed by atoms with E-state index >= 15 is 0 Å². The first-order valence-corrected chi connectivity index (χ1v) is 20.0. The molecule has 0 saturated carbocycles. The fourth-order valence-electron chi connectivity index (χ4n) is 2.16. The van der Waals surface area contributed by atoms with Gasteiger partial charge in [0.2, 0.25) is 5.12 Å². The Bertz CT molecular complexity index is 571. The van der Waals surface area contributed by atoms with Crippen molar-refractivity contribution in [3.63, 3.8) is 0 Å². The molecule has 0 saturated heterocycles. The van der Waals surface area contributed by atoms with Gasteiger partial charge in [0.15, 0.2) is 5.12 Å². The lowest BCUT2D eigenvalue weighted by Gasteiger charge is -2.16. The molecule has 0 fully saturated rings. The molecular formula is C24H40O2S8. The predicted octanol–water partition coefficient (Wildman–Crippen LogP) is 7.96. The van der Waals surface area contributed by atoms with Gasteiger partial charge in [-0.25, -0.2) is 0 Å². The van der Waals surface area contributed by atoms with Gasteiger partial charge in [0.25, 0.3) is 0 Å². The molecule has 0 aromatic carbocycles. The van der Waals surface area contributed by atoms with Crippen LogP contribution in [0.3, 0.4) is 0 Å². The maximum Gasteiger partial charge on any atom is 0.211 e. The molecule has 34 heavy (non-hydrogen) atoms. The number of hydrogen-bond acceptors (Lipinski definition) is 10. The lowest BCUT2D eigenvalue weighted by molar-refractivity contribution is -0.110. The van der Waals surface area contributed by atoms with Gasteiger partial charge in [0, 0.05) is 75.0 Å². The Morgan fingerprint density at radius 2 is 1.32 bits per heavy atom. The third-order valence-electron chi connectivity index (χ3n) is 3.87. The van der Waals surface area contributed by atoms with Crippen molar-refractivity contribution in [2.75, 3.05) is 69.0 Å². The van der Waals surface area contributed by atoms with E-state index < -0.39 is 0 Å². The summed E-state index contributed by atoms with van der Waals surface area (Å²) in [5.74, 6) is 12.7. The maximum atomic E-state index is 12.2. The zero-order chi connectivity index (χ0) is 25.3. The topological polar surface area (TPSA) is 34.1 Å². The third kappa shape index (κ3) is 25.0. The summed E-state index contributed by atoms with van der Waals surface area (Å²) in [4.78, 5) is 24.5. The van der Waals surface area contributed by atoms with Crippen molar-refractivity contribution in [3.8, 4) is 0 Å². The Morgan fingerprint density at radius 3 is 1.97 bits per heavy atom. The van der Waals surface area contributed by atoms with Crippen LogP contribution in [0.25, 0.3) is 0 Å². The molecule has 196 valence electrons. The molecule has 0 aliphatic carbocycles. The van der Waals surface area contributed by atoms with Crippen LogP contribution in [0.1, 0.15) is 19.8 Å². The van der Waals surface area contributed by atoms with Crippen LogP contribution in [0.15, 0.2) is 36.8 Å². The largest absolute Gasteiger partial charge is 0.287 e. The van der Waals surface area contributed by atoms with Gasteiger partial charge in [0.1, 0.15) is 0 Å². The monoisotopic (exact) mass is 616 g/mol. The molecule has 0 bridgehead atoms. The van der Waals surface area contributed by atoms with Crippen LogP contribution in [-0.2, 0) is 9.59 Å². The van der Waals surface area contributed by atoms with Crippen molar-refractivity contribution in [2.45, 2.75) is 25.0 Å². The van der Waals surface area contributed by atoms with Crippen LogP contribution in [0.4, 0.5) is 0 Å². The normalized spacial score (nSPS) is 11.8. The quantitative estimate of drug-likeness (QED) is 0.0572. The second kappa shape index (κ2) is 27.4. The van der Waals surface area contributed by atoms with Gasteiger partial charge in [-0.3, -0.25) is 9.59 Å². The summed E-state index contributed by atoms with van der Waals surface area (Å²) in [6, 6.07) is 0. The van der Waals surface area contributed by atoms with E-state index in [-0.39, 0.29) is 5.12 Å². The zero-order valence-electron chi connectivity index (χ0n) is 20.3. The highest BCUT2D eigenvalue weighted by Crippen LogP contribution is 2.26. The first-order valence-electron chi connectivity index (χ1n) is 11.3. The Morgan fingerprint density at radius 1 is 0.706 bits per heavy atom. The van der Waals surface area contributed by atoms with E-state index in [0.717, 1.165) is 50.9 Å². The Balaban J connectivity index is 3.86. The molecular weight excluding hydrogens is 577 g/mol. The SMILES string of the molecule is C=CC(=C)SCC(CSCCSC(=O)C=C)SCCSC(=O)CCSCCSCCSCCC. The van der Waals surface area contributed by atoms with E-state index in [9.17, 15) is 9.59 Å². The summed E-state index contributed by atoms with van der Waals surface area (Å²) in [6.45, 7) is 13.5. The number of hydrogen-bond donors (Lipinski definition) is 0. The summed E-state index contributed by atoms with van der Waals surface area (Å²) >= 11 is 14.4. The molecule has 0 rings (SSSR count). The van der Waals surface area contributed by atoms with Gasteiger partial charge < -0.3 is 0 Å². The summed E-state index contributed by atoms with van der Waals surface area (Å²) < 4.78 is 0. The molecule has 0 spiro atoms. The molecule has 0 aliphatic heterocycles. The van der Waals surface area contributed by atoms with Crippen LogP contribution < -0.4 is 0 Å². The highest BCUT2D eigenvalue weighted by Gasteiger charge is 2.12. The summed E-state index contributed by atoms with van der Waals surface area (Å²) in [6.07, 6.45) is 5.11. The first kappa shape index (κ1) is 35.4. The standard InChI is InChI=1S/C24H40O2S8/c1-5-9-27-11-13-29-14-12-28-10-8-24(26)33-18-17-31-22(20-34-21(4)6-2)19-30-15-16-32-23(25)7-3/h6-7,22H,2-5,8-20H2,1H3. The van der Waals surface area contributed by atoms with E-state index in [4.69, 9.17) is 0 Å². The average Bonchev–Trinajstić information content (AvgIpc) is 2.84. The third-order valence-corrected chi connectivity index (χ3v) is 13.8. The number of carbonyl (C=O) groups is 2. The number of rotatable bonds is 25. The Kier molecular flexibility index (Phi) is 28.5. The van der Waals surface area contributed by atoms with Gasteiger partial charge in [-0.15, -0.1) is 11.8 Å². The van der Waals surface area contributed by atoms with Gasteiger partial charge in [-0.2, -0.15) is 58.8 Å². The molecule has 0 aromatic rings. The summed E-state index contributed by atoms with van der Waals surface area (Å²) in [5, 5.41) is 0.859. The van der Waals surface area contributed by atoms with Crippen LogP contribution in [0, 0.1) is 0 Å². The lowest BCUT2D eigenvalue weighted by atomic mass is 10.5. The minimum absolute atomic E-state index is 0.0420. The molecule has 0 aromatic heterocycles. The molecule has 1 unspecified atom stereocenters. The van der Waals surface area contributed by atoms with Crippen molar-refractivity contribution in [1.82, 2.24) is 0 Å². The first-order chi connectivity index (χ1) is 16.5. The molecule has 10 heteroatoms. The van der Waals surface area contributed by atoms with Gasteiger partial charge >= 0.3 is 0 Å². The molecule has 0 radical (unpaired) electrons. The van der Waals surface area contributed by atoms with Crippen molar-refractivity contribution in [3.05, 3.63) is 36.8 Å². The van der Waals surface area contributed by atoms with E-state index in [1.165, 1.54) is 59.0 Å². The molecule has 0 heterocycles. The van der Waals surface area contributed by atoms with Crippen molar-refractivity contribution >= 4 is 104 Å². The second-order valence-corrected chi connectivity index (χ2v) is 16.4. The van der Waals surface area contributed by atoms with Crippen molar-refractivity contribution in [1.29, 1.82) is 0 Å². The van der Waals surface area contributed by atoms with Crippen molar-refractivity contribution in [2.24, 2.45) is 0 Å². The molecule has 1 atom stereocenters. The molecule has 2 nitrogen and oxygen atoms in total. The Labute approximate surface area is 242 Å². The van der Waals surface area contributed by atoms with E-state index in [1.54, 1.807) is 17.8 Å². The highest BCUT2D eigenvalue weighted by molar-refractivity contribution is 8.15. The lowest BCUT2D eigenvalue weighted by Crippen LogP contribution is -2.12. The van der Waals surface area contributed by atoms with Crippen LogP contribution >= 0.6 is 94.1 Å². The van der Waals surface area contributed by atoms with Crippen LogP contribution in [-0.4, -0.2) is 84.5 Å². The fourth-order valence-corrected chi connectivity index (χ4v) is 10.7. The molecule has 0 N–H and O–H groups in total. The van der Waals surface area contributed by atoms with E-state index in [0.29, 0.717) is 16.8 Å². The van der Waals surface area contributed by atoms with Crippen molar-refractivity contribution < 1.29 is 9.59 Å². The van der Waals surface area contributed by atoms with Crippen LogP contribution in [0.5, 0.6) is 0 Å².